The molecule has 1 heterocycles. The lowest BCUT2D eigenvalue weighted by atomic mass is 10.0. The molecule has 0 fully saturated rings. The summed E-state index contributed by atoms with van der Waals surface area (Å²) >= 11 is 1.94. The van der Waals surface area contributed by atoms with E-state index in [2.05, 4.69) is 29.6 Å². The second kappa shape index (κ2) is 6.63. The van der Waals surface area contributed by atoms with Crippen LogP contribution < -0.4 is 5.32 Å². The first-order valence-corrected chi connectivity index (χ1v) is 8.43. The van der Waals surface area contributed by atoms with Crippen molar-refractivity contribution in [1.29, 1.82) is 0 Å². The highest BCUT2D eigenvalue weighted by Crippen LogP contribution is 2.35. The zero-order valence-corrected chi connectivity index (χ0v) is 13.0. The normalized spacial score (nSPS) is 17.5. The van der Waals surface area contributed by atoms with Gasteiger partial charge in [0.05, 0.1) is 0 Å². The number of hydrogen-bond acceptors (Lipinski definition) is 2. The summed E-state index contributed by atoms with van der Waals surface area (Å²) in [7, 11) is 0. The first-order chi connectivity index (χ1) is 10.2. The highest BCUT2D eigenvalue weighted by atomic mass is 32.2. The molecule has 0 radical (unpaired) electrons. The largest absolute Gasteiger partial charge is 0.310 e. The molecule has 1 atom stereocenters. The van der Waals surface area contributed by atoms with Gasteiger partial charge in [-0.15, -0.1) is 11.8 Å². The molecular formula is C18H20FNS. The minimum absolute atomic E-state index is 0.151. The van der Waals surface area contributed by atoms with Crippen LogP contribution in [0.2, 0.25) is 0 Å². The van der Waals surface area contributed by atoms with E-state index in [-0.39, 0.29) is 5.82 Å². The summed E-state index contributed by atoms with van der Waals surface area (Å²) in [4.78, 5) is 1.40. The number of fused-ring (bicyclic) bond motifs is 1. The SMILES string of the molecule is Cc1cc(F)ccc1CCNC1CCSc2ccccc21. The minimum atomic E-state index is -0.151. The Balaban J connectivity index is 1.61. The van der Waals surface area contributed by atoms with E-state index in [1.807, 2.05) is 24.8 Å². The molecule has 0 spiro atoms. The standard InChI is InChI=1S/C18H20FNS/c1-13-12-15(19)7-6-14(13)8-10-20-17-9-11-21-18-5-3-2-4-16(17)18/h2-7,12,17,20H,8-11H2,1H3. The van der Waals surface area contributed by atoms with Crippen molar-refractivity contribution in [2.75, 3.05) is 12.3 Å². The van der Waals surface area contributed by atoms with E-state index >= 15 is 0 Å². The van der Waals surface area contributed by atoms with E-state index in [4.69, 9.17) is 0 Å². The van der Waals surface area contributed by atoms with Gasteiger partial charge in [-0.25, -0.2) is 4.39 Å². The summed E-state index contributed by atoms with van der Waals surface area (Å²) in [5.41, 5.74) is 3.68. The van der Waals surface area contributed by atoms with Crippen LogP contribution in [0.25, 0.3) is 0 Å². The molecule has 0 bridgehead atoms. The van der Waals surface area contributed by atoms with Gasteiger partial charge >= 0.3 is 0 Å². The lowest BCUT2D eigenvalue weighted by molar-refractivity contribution is 0.513. The van der Waals surface area contributed by atoms with Crippen LogP contribution in [0.15, 0.2) is 47.4 Å². The highest BCUT2D eigenvalue weighted by molar-refractivity contribution is 7.99. The Morgan fingerprint density at radius 2 is 2.10 bits per heavy atom. The summed E-state index contributed by atoms with van der Waals surface area (Å²) in [5.74, 6) is 1.02. The molecule has 1 nitrogen and oxygen atoms in total. The maximum absolute atomic E-state index is 13.1. The average Bonchev–Trinajstić information content (AvgIpc) is 2.50. The van der Waals surface area contributed by atoms with Gasteiger partial charge < -0.3 is 5.32 Å². The third-order valence-corrected chi connectivity index (χ3v) is 5.17. The number of nitrogens with one attached hydrogen (secondary N) is 1. The van der Waals surface area contributed by atoms with E-state index in [0.717, 1.165) is 18.5 Å². The quantitative estimate of drug-likeness (QED) is 0.892. The van der Waals surface area contributed by atoms with Crippen LogP contribution in [0.5, 0.6) is 0 Å². The Labute approximate surface area is 130 Å². The molecule has 0 saturated heterocycles. The molecule has 1 aliphatic heterocycles. The van der Waals surface area contributed by atoms with Gasteiger partial charge in [-0.05, 0) is 67.0 Å². The van der Waals surface area contributed by atoms with Crippen LogP contribution in [-0.2, 0) is 6.42 Å². The molecule has 3 heteroatoms. The van der Waals surface area contributed by atoms with Crippen LogP contribution in [0.1, 0.15) is 29.2 Å². The van der Waals surface area contributed by atoms with Gasteiger partial charge in [-0.3, -0.25) is 0 Å². The van der Waals surface area contributed by atoms with Crippen molar-refractivity contribution in [3.8, 4) is 0 Å². The molecule has 21 heavy (non-hydrogen) atoms. The third-order valence-electron chi connectivity index (χ3n) is 4.05. The first kappa shape index (κ1) is 14.6. The molecule has 1 unspecified atom stereocenters. The maximum Gasteiger partial charge on any atom is 0.123 e. The van der Waals surface area contributed by atoms with Gasteiger partial charge in [0.1, 0.15) is 5.82 Å². The third kappa shape index (κ3) is 3.47. The molecule has 3 rings (SSSR count). The van der Waals surface area contributed by atoms with Crippen LogP contribution in [0.4, 0.5) is 4.39 Å². The molecule has 2 aromatic carbocycles. The van der Waals surface area contributed by atoms with Crippen molar-refractivity contribution >= 4 is 11.8 Å². The number of benzene rings is 2. The van der Waals surface area contributed by atoms with Crippen molar-refractivity contribution < 1.29 is 4.39 Å². The first-order valence-electron chi connectivity index (χ1n) is 7.44. The molecular weight excluding hydrogens is 281 g/mol. The fourth-order valence-electron chi connectivity index (χ4n) is 2.87. The lowest BCUT2D eigenvalue weighted by Gasteiger charge is -2.26. The Bertz CT molecular complexity index is 626. The number of aryl methyl sites for hydroxylation is 1. The smallest absolute Gasteiger partial charge is 0.123 e. The van der Waals surface area contributed by atoms with Crippen molar-refractivity contribution in [3.63, 3.8) is 0 Å². The van der Waals surface area contributed by atoms with E-state index in [1.165, 1.54) is 28.2 Å². The van der Waals surface area contributed by atoms with E-state index in [9.17, 15) is 4.39 Å². The Morgan fingerprint density at radius 3 is 2.95 bits per heavy atom. The predicted molar refractivity (Wildman–Crippen MR) is 87.4 cm³/mol. The predicted octanol–water partition coefficient (Wildman–Crippen LogP) is 4.50. The van der Waals surface area contributed by atoms with Crippen molar-refractivity contribution in [2.24, 2.45) is 0 Å². The molecule has 1 N–H and O–H groups in total. The van der Waals surface area contributed by atoms with Gasteiger partial charge in [0, 0.05) is 10.9 Å². The van der Waals surface area contributed by atoms with Crippen molar-refractivity contribution in [3.05, 3.63) is 65.0 Å². The van der Waals surface area contributed by atoms with Gasteiger partial charge in [0.15, 0.2) is 0 Å². The van der Waals surface area contributed by atoms with E-state index < -0.39 is 0 Å². The van der Waals surface area contributed by atoms with Gasteiger partial charge in [-0.2, -0.15) is 0 Å². The number of thioether (sulfide) groups is 1. The fraction of sp³-hybridized carbons (Fsp3) is 0.333. The van der Waals surface area contributed by atoms with Gasteiger partial charge in [0.2, 0.25) is 0 Å². The highest BCUT2D eigenvalue weighted by Gasteiger charge is 2.19. The molecule has 2 aromatic rings. The number of hydrogen-bond donors (Lipinski definition) is 1. The summed E-state index contributed by atoms with van der Waals surface area (Å²) in [6.45, 7) is 2.90. The average molecular weight is 301 g/mol. The number of halogens is 1. The van der Waals surface area contributed by atoms with Crippen LogP contribution in [-0.4, -0.2) is 12.3 Å². The van der Waals surface area contributed by atoms with Gasteiger partial charge in [0.25, 0.3) is 0 Å². The van der Waals surface area contributed by atoms with Crippen molar-refractivity contribution in [1.82, 2.24) is 5.32 Å². The second-order valence-electron chi connectivity index (χ2n) is 5.50. The molecule has 0 aromatic heterocycles. The summed E-state index contributed by atoms with van der Waals surface area (Å²) in [6, 6.07) is 14.2. The zero-order valence-electron chi connectivity index (χ0n) is 12.2. The lowest BCUT2D eigenvalue weighted by Crippen LogP contribution is -2.26. The Kier molecular flexibility index (Phi) is 4.61. The van der Waals surface area contributed by atoms with E-state index in [0.29, 0.717) is 6.04 Å². The molecule has 1 aliphatic rings. The fourth-order valence-corrected chi connectivity index (χ4v) is 4.00. The molecule has 110 valence electrons. The van der Waals surface area contributed by atoms with E-state index in [1.54, 1.807) is 12.1 Å². The summed E-state index contributed by atoms with van der Waals surface area (Å²) < 4.78 is 13.1. The Hall–Kier alpha value is -1.32. The minimum Gasteiger partial charge on any atom is -0.310 e. The molecule has 0 saturated carbocycles. The van der Waals surface area contributed by atoms with Crippen LogP contribution in [0.3, 0.4) is 0 Å². The monoisotopic (exact) mass is 301 g/mol. The van der Waals surface area contributed by atoms with Crippen molar-refractivity contribution in [2.45, 2.75) is 30.7 Å². The maximum atomic E-state index is 13.1. The van der Waals surface area contributed by atoms with Gasteiger partial charge in [-0.1, -0.05) is 24.3 Å². The Morgan fingerprint density at radius 1 is 1.24 bits per heavy atom. The van der Waals surface area contributed by atoms with Crippen LogP contribution in [0, 0.1) is 12.7 Å². The molecule has 0 aliphatic carbocycles. The molecule has 0 amide bonds. The summed E-state index contributed by atoms with van der Waals surface area (Å²) in [6.07, 6.45) is 2.11. The topological polar surface area (TPSA) is 12.0 Å². The van der Waals surface area contributed by atoms with Crippen LogP contribution >= 0.6 is 11.8 Å². The second-order valence-corrected chi connectivity index (χ2v) is 6.64. The zero-order chi connectivity index (χ0) is 14.7. The summed E-state index contributed by atoms with van der Waals surface area (Å²) in [5, 5.41) is 3.66. The number of rotatable bonds is 4.